The molecule has 6 nitrogen and oxygen atoms in total. The fourth-order valence-electron chi connectivity index (χ4n) is 4.15. The summed E-state index contributed by atoms with van der Waals surface area (Å²) in [6, 6.07) is 12.5. The number of halogens is 2. The zero-order chi connectivity index (χ0) is 24.5. The number of methoxy groups -OCH3 is 1. The normalized spacial score (nSPS) is 13.9. The Labute approximate surface area is 204 Å². The first-order chi connectivity index (χ1) is 16.1. The maximum absolute atomic E-state index is 14.3. The van der Waals surface area contributed by atoms with Gasteiger partial charge in [-0.3, -0.25) is 4.68 Å². The number of ether oxygens (including phenoxy) is 2. The minimum atomic E-state index is -0.547. The monoisotopic (exact) mass is 485 g/mol. The summed E-state index contributed by atoms with van der Waals surface area (Å²) in [5, 5.41) is 5.54. The van der Waals surface area contributed by atoms with Crippen LogP contribution >= 0.6 is 11.6 Å². The van der Waals surface area contributed by atoms with Gasteiger partial charge in [-0.2, -0.15) is 5.10 Å². The third-order valence-corrected chi connectivity index (χ3v) is 5.95. The summed E-state index contributed by atoms with van der Waals surface area (Å²) in [4.78, 5) is 14.4. The molecule has 1 aliphatic heterocycles. The zero-order valence-electron chi connectivity index (χ0n) is 19.9. The van der Waals surface area contributed by atoms with Crippen LogP contribution in [0.5, 0.6) is 5.75 Å². The van der Waals surface area contributed by atoms with E-state index in [0.717, 1.165) is 28.1 Å². The lowest BCUT2D eigenvalue weighted by Gasteiger charge is -2.26. The maximum atomic E-state index is 14.3. The second-order valence-electron chi connectivity index (χ2n) is 9.37. The van der Waals surface area contributed by atoms with E-state index in [2.05, 4.69) is 0 Å². The molecule has 0 saturated carbocycles. The van der Waals surface area contributed by atoms with Crippen molar-refractivity contribution in [3.05, 3.63) is 70.1 Å². The van der Waals surface area contributed by atoms with Gasteiger partial charge in [0.25, 0.3) is 0 Å². The van der Waals surface area contributed by atoms with Gasteiger partial charge in [0, 0.05) is 35.7 Å². The van der Waals surface area contributed by atoms with Gasteiger partial charge in [-0.15, -0.1) is 0 Å². The summed E-state index contributed by atoms with van der Waals surface area (Å²) in [6.45, 7) is 7.05. The van der Waals surface area contributed by atoms with E-state index < -0.39 is 11.4 Å². The second kappa shape index (κ2) is 9.66. The number of hydrogen-bond donors (Lipinski definition) is 0. The molecule has 3 aromatic rings. The molecule has 2 aromatic carbocycles. The summed E-state index contributed by atoms with van der Waals surface area (Å²) in [5.41, 5.74) is 4.18. The van der Waals surface area contributed by atoms with Gasteiger partial charge in [0.15, 0.2) is 11.6 Å². The minimum Gasteiger partial charge on any atom is -0.494 e. The van der Waals surface area contributed by atoms with Gasteiger partial charge >= 0.3 is 6.09 Å². The number of aromatic nitrogens is 2. The van der Waals surface area contributed by atoms with Crippen molar-refractivity contribution in [2.45, 2.75) is 45.8 Å². The largest absolute Gasteiger partial charge is 0.494 e. The molecule has 180 valence electrons. The average Bonchev–Trinajstić information content (AvgIpc) is 2.96. The van der Waals surface area contributed by atoms with E-state index in [1.165, 1.54) is 13.2 Å². The van der Waals surface area contributed by atoms with Crippen molar-refractivity contribution >= 4 is 17.7 Å². The van der Waals surface area contributed by atoms with Gasteiger partial charge in [0.2, 0.25) is 0 Å². The molecule has 0 bridgehead atoms. The molecule has 2 heterocycles. The number of fused-ring (bicyclic) bond motifs is 1. The van der Waals surface area contributed by atoms with Crippen molar-refractivity contribution in [1.29, 1.82) is 0 Å². The summed E-state index contributed by atoms with van der Waals surface area (Å²) in [5.74, 6) is -0.199. The van der Waals surface area contributed by atoms with E-state index in [1.54, 1.807) is 11.0 Å². The van der Waals surface area contributed by atoms with Crippen molar-refractivity contribution < 1.29 is 18.7 Å². The van der Waals surface area contributed by atoms with Crippen LogP contribution in [0.1, 0.15) is 37.6 Å². The molecular formula is C26H29ClFN3O3. The molecule has 0 radical (unpaired) electrons. The third kappa shape index (κ3) is 5.36. The van der Waals surface area contributed by atoms with Crippen LogP contribution in [0.3, 0.4) is 0 Å². The smallest absolute Gasteiger partial charge is 0.410 e. The summed E-state index contributed by atoms with van der Waals surface area (Å²) < 4.78 is 26.8. The molecule has 34 heavy (non-hydrogen) atoms. The number of hydrogen-bond acceptors (Lipinski definition) is 4. The quantitative estimate of drug-likeness (QED) is 0.473. The molecule has 8 heteroatoms. The molecule has 0 fully saturated rings. The van der Waals surface area contributed by atoms with Gasteiger partial charge in [-0.05, 0) is 57.0 Å². The Balaban J connectivity index is 1.67. The van der Waals surface area contributed by atoms with Gasteiger partial charge in [0.05, 0.1) is 25.0 Å². The Morgan fingerprint density at radius 1 is 1.12 bits per heavy atom. The molecule has 1 amide bonds. The van der Waals surface area contributed by atoms with E-state index in [9.17, 15) is 9.18 Å². The SMILES string of the molecule is COc1ccc(Cn2nc3c(c2-c2ccc(Cl)cc2)CCN(C(=O)OC(C)(C)C)CC3)cc1F. The Morgan fingerprint density at radius 3 is 2.47 bits per heavy atom. The van der Waals surface area contributed by atoms with E-state index >= 15 is 0 Å². The highest BCUT2D eigenvalue weighted by atomic mass is 35.5. The average molecular weight is 486 g/mol. The first kappa shape index (κ1) is 24.1. The molecular weight excluding hydrogens is 457 g/mol. The third-order valence-electron chi connectivity index (χ3n) is 5.70. The lowest BCUT2D eigenvalue weighted by atomic mass is 10.0. The Bertz CT molecular complexity index is 1190. The highest BCUT2D eigenvalue weighted by molar-refractivity contribution is 6.30. The van der Waals surface area contributed by atoms with Crippen LogP contribution in [0.2, 0.25) is 5.02 Å². The predicted molar refractivity (Wildman–Crippen MR) is 130 cm³/mol. The van der Waals surface area contributed by atoms with Gasteiger partial charge in [0.1, 0.15) is 5.60 Å². The predicted octanol–water partition coefficient (Wildman–Crippen LogP) is 5.74. The van der Waals surface area contributed by atoms with Crippen LogP contribution in [0.15, 0.2) is 42.5 Å². The Morgan fingerprint density at radius 2 is 1.82 bits per heavy atom. The molecule has 1 aromatic heterocycles. The van der Waals surface area contributed by atoms with Crippen molar-refractivity contribution in [2.75, 3.05) is 20.2 Å². The molecule has 0 saturated heterocycles. The molecule has 0 aliphatic carbocycles. The summed E-state index contributed by atoms with van der Waals surface area (Å²) in [6.07, 6.45) is 0.940. The molecule has 0 unspecified atom stereocenters. The first-order valence-corrected chi connectivity index (χ1v) is 11.7. The van der Waals surface area contributed by atoms with Crippen molar-refractivity contribution in [1.82, 2.24) is 14.7 Å². The van der Waals surface area contributed by atoms with Crippen LogP contribution in [0.25, 0.3) is 11.3 Å². The van der Waals surface area contributed by atoms with Crippen LogP contribution < -0.4 is 4.74 Å². The number of carbonyl (C=O) groups excluding carboxylic acids is 1. The first-order valence-electron chi connectivity index (χ1n) is 11.3. The highest BCUT2D eigenvalue weighted by Crippen LogP contribution is 2.31. The maximum Gasteiger partial charge on any atom is 0.410 e. The number of carbonyl (C=O) groups is 1. The number of amides is 1. The van der Waals surface area contributed by atoms with E-state index in [4.69, 9.17) is 26.2 Å². The lowest BCUT2D eigenvalue weighted by Crippen LogP contribution is -2.38. The molecule has 0 spiro atoms. The van der Waals surface area contributed by atoms with Crippen LogP contribution in [0.4, 0.5) is 9.18 Å². The Kier molecular flexibility index (Phi) is 6.84. The van der Waals surface area contributed by atoms with Crippen molar-refractivity contribution in [3.8, 4) is 17.0 Å². The van der Waals surface area contributed by atoms with Crippen molar-refractivity contribution in [2.24, 2.45) is 0 Å². The van der Waals surface area contributed by atoms with E-state index in [0.29, 0.717) is 37.5 Å². The van der Waals surface area contributed by atoms with Crippen LogP contribution in [0, 0.1) is 5.82 Å². The fourth-order valence-corrected chi connectivity index (χ4v) is 4.27. The van der Waals surface area contributed by atoms with E-state index in [1.807, 2.05) is 55.8 Å². The van der Waals surface area contributed by atoms with Gasteiger partial charge in [-0.25, -0.2) is 9.18 Å². The van der Waals surface area contributed by atoms with E-state index in [-0.39, 0.29) is 11.8 Å². The lowest BCUT2D eigenvalue weighted by molar-refractivity contribution is 0.0258. The number of rotatable bonds is 4. The van der Waals surface area contributed by atoms with Crippen LogP contribution in [-0.2, 0) is 24.1 Å². The minimum absolute atomic E-state index is 0.208. The van der Waals surface area contributed by atoms with Crippen molar-refractivity contribution in [3.63, 3.8) is 0 Å². The molecule has 4 rings (SSSR count). The van der Waals surface area contributed by atoms with Gasteiger partial charge < -0.3 is 14.4 Å². The molecule has 0 atom stereocenters. The standard InChI is InChI=1S/C26H29ClFN3O3/c1-26(2,3)34-25(32)30-13-11-20-22(12-14-30)29-31(24(20)18-6-8-19(27)9-7-18)16-17-5-10-23(33-4)21(28)15-17/h5-10,15H,11-14,16H2,1-4H3. The Hall–Kier alpha value is -3.06. The summed E-state index contributed by atoms with van der Waals surface area (Å²) >= 11 is 6.13. The molecule has 1 aliphatic rings. The second-order valence-corrected chi connectivity index (χ2v) is 9.81. The number of benzene rings is 2. The summed E-state index contributed by atoms with van der Waals surface area (Å²) in [7, 11) is 1.45. The highest BCUT2D eigenvalue weighted by Gasteiger charge is 2.28. The topological polar surface area (TPSA) is 56.6 Å². The zero-order valence-corrected chi connectivity index (χ0v) is 20.7. The van der Waals surface area contributed by atoms with Gasteiger partial charge in [-0.1, -0.05) is 29.8 Å². The number of nitrogens with zero attached hydrogens (tertiary/aromatic N) is 3. The molecule has 0 N–H and O–H groups in total. The fraction of sp³-hybridized carbons (Fsp3) is 0.385. The van der Waals surface area contributed by atoms with Crippen LogP contribution in [-0.4, -0.2) is 46.6 Å².